The van der Waals surface area contributed by atoms with Crippen molar-refractivity contribution in [3.05, 3.63) is 63.2 Å². The van der Waals surface area contributed by atoms with Gasteiger partial charge in [-0.05, 0) is 45.4 Å². The lowest BCUT2D eigenvalue weighted by Gasteiger charge is -2.23. The van der Waals surface area contributed by atoms with Crippen LogP contribution in [-0.4, -0.2) is 20.6 Å². The number of aryl methyl sites for hydroxylation is 1. The summed E-state index contributed by atoms with van der Waals surface area (Å²) in [5, 5.41) is 1.10. The molecule has 160 valence electrons. The number of aromatic amines is 1. The van der Waals surface area contributed by atoms with Gasteiger partial charge in [-0.2, -0.15) is 13.2 Å². The molecule has 0 unspecified atom stereocenters. The summed E-state index contributed by atoms with van der Waals surface area (Å²) in [6.07, 6.45) is -2.82. The van der Waals surface area contributed by atoms with Gasteiger partial charge in [0.1, 0.15) is 27.9 Å². The van der Waals surface area contributed by atoms with E-state index in [0.717, 1.165) is 6.07 Å². The Kier molecular flexibility index (Phi) is 5.82. The molecule has 0 saturated heterocycles. The summed E-state index contributed by atoms with van der Waals surface area (Å²) in [6, 6.07) is 2.76. The first-order valence-corrected chi connectivity index (χ1v) is 9.79. The first-order valence-electron chi connectivity index (χ1n) is 9.04. The zero-order valence-electron chi connectivity index (χ0n) is 16.8. The molecule has 0 fully saturated rings. The molecule has 0 saturated carbocycles. The molecule has 0 aliphatic rings. The van der Waals surface area contributed by atoms with Crippen molar-refractivity contribution in [2.75, 3.05) is 0 Å². The Morgan fingerprint density at radius 1 is 1.20 bits per heavy atom. The van der Waals surface area contributed by atoms with Gasteiger partial charge in [0, 0.05) is 29.3 Å². The Hall–Kier alpha value is -2.25. The molecule has 0 spiro atoms. The minimum atomic E-state index is -4.53. The van der Waals surface area contributed by atoms with Gasteiger partial charge < -0.3 is 9.72 Å². The van der Waals surface area contributed by atoms with E-state index in [1.54, 1.807) is 13.0 Å². The van der Waals surface area contributed by atoms with E-state index in [1.165, 1.54) is 6.20 Å². The predicted octanol–water partition coefficient (Wildman–Crippen LogP) is 6.97. The van der Waals surface area contributed by atoms with Crippen LogP contribution in [0.3, 0.4) is 0 Å². The first kappa shape index (κ1) is 22.4. The largest absolute Gasteiger partial charge is 0.488 e. The molecule has 0 aromatic carbocycles. The number of halogens is 5. The van der Waals surface area contributed by atoms with Crippen LogP contribution in [0, 0.1) is 6.92 Å². The molecule has 0 radical (unpaired) electrons. The molecule has 0 atom stereocenters. The summed E-state index contributed by atoms with van der Waals surface area (Å²) < 4.78 is 44.9. The highest BCUT2D eigenvalue weighted by molar-refractivity contribution is 6.36. The van der Waals surface area contributed by atoms with Crippen LogP contribution in [0.5, 0.6) is 0 Å². The number of alkyl halides is 3. The summed E-state index contributed by atoms with van der Waals surface area (Å²) in [4.78, 5) is 10.8. The number of pyridine rings is 2. The van der Waals surface area contributed by atoms with E-state index in [-0.39, 0.29) is 17.2 Å². The number of H-pyrrole nitrogens is 1. The van der Waals surface area contributed by atoms with E-state index >= 15 is 0 Å². The van der Waals surface area contributed by atoms with Crippen molar-refractivity contribution in [1.82, 2.24) is 15.0 Å². The predicted molar refractivity (Wildman–Crippen MR) is 113 cm³/mol. The van der Waals surface area contributed by atoms with E-state index in [2.05, 4.69) is 21.5 Å². The zero-order valence-corrected chi connectivity index (χ0v) is 18.4. The molecule has 0 aliphatic heterocycles. The lowest BCUT2D eigenvalue weighted by Crippen LogP contribution is -2.18. The minimum Gasteiger partial charge on any atom is -0.488 e. The summed E-state index contributed by atoms with van der Waals surface area (Å²) >= 11 is 12.8. The molecule has 3 heterocycles. The Labute approximate surface area is 182 Å². The fourth-order valence-corrected chi connectivity index (χ4v) is 3.60. The molecule has 1 N–H and O–H groups in total. The maximum atomic E-state index is 13.1. The van der Waals surface area contributed by atoms with Gasteiger partial charge in [-0.1, -0.05) is 29.8 Å². The van der Waals surface area contributed by atoms with Gasteiger partial charge in [0.05, 0.1) is 10.6 Å². The topological polar surface area (TPSA) is 50.8 Å². The SMILES string of the molecule is C=C(OC(C)(C)C)c1cnc(Cl)c(Cc2cc3c(C)cc(C(F)(F)F)nc3[nH]2)c1Cl. The highest BCUT2D eigenvalue weighted by atomic mass is 35.5. The van der Waals surface area contributed by atoms with Crippen molar-refractivity contribution < 1.29 is 17.9 Å². The van der Waals surface area contributed by atoms with Crippen molar-refractivity contribution in [2.45, 2.75) is 45.9 Å². The molecule has 3 aromatic heterocycles. The molecule has 0 amide bonds. The molecular formula is C21H20Cl2F3N3O. The number of ether oxygens (including phenoxy) is 1. The van der Waals surface area contributed by atoms with Crippen LogP contribution in [0.2, 0.25) is 10.2 Å². The minimum absolute atomic E-state index is 0.147. The van der Waals surface area contributed by atoms with Crippen LogP contribution in [0.25, 0.3) is 16.8 Å². The maximum absolute atomic E-state index is 13.1. The molecule has 0 aliphatic carbocycles. The van der Waals surface area contributed by atoms with E-state index in [9.17, 15) is 13.2 Å². The summed E-state index contributed by atoms with van der Waals surface area (Å²) in [6.45, 7) is 11.2. The molecule has 30 heavy (non-hydrogen) atoms. The highest BCUT2D eigenvalue weighted by Crippen LogP contribution is 2.35. The quantitative estimate of drug-likeness (QED) is 0.339. The lowest BCUT2D eigenvalue weighted by atomic mass is 10.1. The van der Waals surface area contributed by atoms with E-state index < -0.39 is 17.5 Å². The second kappa shape index (κ2) is 7.78. The Morgan fingerprint density at radius 3 is 2.47 bits per heavy atom. The number of hydrogen-bond donors (Lipinski definition) is 1. The van der Waals surface area contributed by atoms with Gasteiger partial charge in [-0.15, -0.1) is 0 Å². The van der Waals surface area contributed by atoms with Crippen molar-refractivity contribution >= 4 is 40.0 Å². The number of rotatable bonds is 4. The maximum Gasteiger partial charge on any atom is 0.433 e. The van der Waals surface area contributed by atoms with Gasteiger partial charge in [-0.3, -0.25) is 0 Å². The van der Waals surface area contributed by atoms with Crippen molar-refractivity contribution in [2.24, 2.45) is 0 Å². The lowest BCUT2D eigenvalue weighted by molar-refractivity contribution is -0.141. The zero-order chi connectivity index (χ0) is 22.4. The van der Waals surface area contributed by atoms with E-state index in [0.29, 0.717) is 38.6 Å². The van der Waals surface area contributed by atoms with Gasteiger partial charge in [0.15, 0.2) is 0 Å². The fraction of sp³-hybridized carbons (Fsp3) is 0.333. The molecule has 9 heteroatoms. The molecule has 3 rings (SSSR count). The highest BCUT2D eigenvalue weighted by Gasteiger charge is 2.33. The van der Waals surface area contributed by atoms with Gasteiger partial charge in [0.2, 0.25) is 0 Å². The van der Waals surface area contributed by atoms with Gasteiger partial charge >= 0.3 is 6.18 Å². The Balaban J connectivity index is 2.00. The normalized spacial score (nSPS) is 12.4. The number of nitrogens with zero attached hydrogens (tertiary/aromatic N) is 2. The number of hydrogen-bond acceptors (Lipinski definition) is 3. The second-order valence-corrected chi connectivity index (χ2v) is 8.68. The number of aromatic nitrogens is 3. The Bertz CT molecular complexity index is 1130. The van der Waals surface area contributed by atoms with E-state index in [1.807, 2.05) is 20.8 Å². The average Bonchev–Trinajstić information content (AvgIpc) is 2.99. The van der Waals surface area contributed by atoms with Crippen LogP contribution in [-0.2, 0) is 17.3 Å². The third-order valence-electron chi connectivity index (χ3n) is 4.31. The van der Waals surface area contributed by atoms with Crippen LogP contribution in [0.4, 0.5) is 13.2 Å². The van der Waals surface area contributed by atoms with Crippen LogP contribution in [0.15, 0.2) is 24.9 Å². The van der Waals surface area contributed by atoms with Gasteiger partial charge in [-0.25, -0.2) is 9.97 Å². The summed E-state index contributed by atoms with van der Waals surface area (Å²) in [7, 11) is 0. The van der Waals surface area contributed by atoms with Crippen LogP contribution >= 0.6 is 23.2 Å². The third kappa shape index (κ3) is 4.73. The molecule has 4 nitrogen and oxygen atoms in total. The van der Waals surface area contributed by atoms with Crippen molar-refractivity contribution in [3.63, 3.8) is 0 Å². The van der Waals surface area contributed by atoms with Crippen molar-refractivity contribution in [1.29, 1.82) is 0 Å². The number of fused-ring (bicyclic) bond motifs is 1. The summed E-state index contributed by atoms with van der Waals surface area (Å²) in [5.41, 5.74) is 0.795. The second-order valence-electron chi connectivity index (χ2n) is 7.95. The van der Waals surface area contributed by atoms with E-state index in [4.69, 9.17) is 27.9 Å². The molecule has 0 bridgehead atoms. The standard InChI is InChI=1S/C21H20Cl2F3N3O/c1-10-6-16(21(24,25)26)29-19-13(10)7-12(28-19)8-14-17(22)15(9-27-18(14)23)11(2)30-20(3,4)5/h6-7,9H,2,8H2,1,3-5H3,(H,28,29). The van der Waals surface area contributed by atoms with Crippen LogP contribution in [0.1, 0.15) is 48.8 Å². The summed E-state index contributed by atoms with van der Waals surface area (Å²) in [5.74, 6) is 0.349. The molecule has 3 aromatic rings. The monoisotopic (exact) mass is 457 g/mol. The smallest absolute Gasteiger partial charge is 0.433 e. The third-order valence-corrected chi connectivity index (χ3v) is 5.07. The average molecular weight is 458 g/mol. The van der Waals surface area contributed by atoms with Crippen LogP contribution < -0.4 is 0 Å². The fourth-order valence-electron chi connectivity index (χ4n) is 3.03. The Morgan fingerprint density at radius 2 is 1.87 bits per heavy atom. The molecular weight excluding hydrogens is 438 g/mol. The van der Waals surface area contributed by atoms with Crippen molar-refractivity contribution in [3.8, 4) is 0 Å². The number of nitrogens with one attached hydrogen (secondary N) is 1. The first-order chi connectivity index (χ1) is 13.8. The van der Waals surface area contributed by atoms with Gasteiger partial charge in [0.25, 0.3) is 0 Å².